The Morgan fingerprint density at radius 3 is 2.16 bits per heavy atom. The van der Waals surface area contributed by atoms with Crippen LogP contribution >= 0.6 is 23.2 Å². The quantitative estimate of drug-likeness (QED) is 0.199. The molecule has 0 radical (unpaired) electrons. The van der Waals surface area contributed by atoms with Gasteiger partial charge in [-0.05, 0) is 73.9 Å². The summed E-state index contributed by atoms with van der Waals surface area (Å²) in [6.45, 7) is 5.78. The van der Waals surface area contributed by atoms with Crippen molar-refractivity contribution in [2.45, 2.75) is 51.1 Å². The van der Waals surface area contributed by atoms with Crippen LogP contribution in [-0.2, 0) is 26.2 Å². The zero-order valence-electron chi connectivity index (χ0n) is 26.0. The average Bonchev–Trinajstić information content (AvgIpc) is 3.04. The normalized spacial score (nSPS) is 11.8. The molecule has 244 valence electrons. The first-order valence-corrected chi connectivity index (χ1v) is 16.7. The second-order valence-electron chi connectivity index (χ2n) is 9.94. The van der Waals surface area contributed by atoms with Gasteiger partial charge < -0.3 is 24.4 Å². The first-order valence-electron chi connectivity index (χ1n) is 14.5. The molecule has 1 N–H and O–H groups in total. The van der Waals surface area contributed by atoms with Crippen LogP contribution in [0.5, 0.6) is 17.2 Å². The molecule has 0 bridgehead atoms. The predicted molar refractivity (Wildman–Crippen MR) is 176 cm³/mol. The number of anilines is 1. The first kappa shape index (κ1) is 35.8. The van der Waals surface area contributed by atoms with Crippen molar-refractivity contribution in [1.82, 2.24) is 10.2 Å². The number of ether oxygens (including phenoxy) is 3. The summed E-state index contributed by atoms with van der Waals surface area (Å²) in [4.78, 5) is 28.8. The number of amides is 2. The molecule has 3 aromatic carbocycles. The van der Waals surface area contributed by atoms with Crippen LogP contribution in [0.15, 0.2) is 65.6 Å². The van der Waals surface area contributed by atoms with E-state index in [1.807, 2.05) is 13.8 Å². The van der Waals surface area contributed by atoms with Crippen molar-refractivity contribution in [1.29, 1.82) is 0 Å². The van der Waals surface area contributed by atoms with Gasteiger partial charge in [-0.15, -0.1) is 0 Å². The van der Waals surface area contributed by atoms with Gasteiger partial charge in [0, 0.05) is 19.2 Å². The molecule has 0 aliphatic rings. The highest BCUT2D eigenvalue weighted by Crippen LogP contribution is 2.33. The molecule has 0 aliphatic heterocycles. The summed E-state index contributed by atoms with van der Waals surface area (Å²) in [5.41, 5.74) is 0.842. The topological polar surface area (TPSA) is 114 Å². The lowest BCUT2D eigenvalue weighted by molar-refractivity contribution is -0.140. The van der Waals surface area contributed by atoms with Gasteiger partial charge in [-0.1, -0.05) is 43.1 Å². The van der Waals surface area contributed by atoms with Gasteiger partial charge in [-0.3, -0.25) is 13.9 Å². The molecule has 0 spiro atoms. The standard InChI is InChI=1S/C32H39Cl2N3O7S/c1-6-17-35-32(39)28(7-2)36(20-22-9-15-26(33)27(34)18-22)31(38)21-37(23-10-12-24(13-11-23)44-8-3)45(40,41)25-14-16-29(42-4)30(19-25)43-5/h9-16,18-19,28H,6-8,17,20-21H2,1-5H3,(H,35,39)/t28-/m0/s1. The van der Waals surface area contributed by atoms with Crippen molar-refractivity contribution in [2.24, 2.45) is 0 Å². The van der Waals surface area contributed by atoms with Gasteiger partial charge in [-0.25, -0.2) is 8.42 Å². The largest absolute Gasteiger partial charge is 0.494 e. The summed E-state index contributed by atoms with van der Waals surface area (Å²) >= 11 is 12.4. The minimum Gasteiger partial charge on any atom is -0.494 e. The second-order valence-corrected chi connectivity index (χ2v) is 12.6. The minimum atomic E-state index is -4.35. The molecule has 3 aromatic rings. The highest BCUT2D eigenvalue weighted by atomic mass is 35.5. The van der Waals surface area contributed by atoms with Gasteiger partial charge >= 0.3 is 0 Å². The van der Waals surface area contributed by atoms with E-state index in [1.54, 1.807) is 49.4 Å². The Kier molecular flexibility index (Phi) is 13.2. The molecule has 0 aliphatic carbocycles. The molecule has 2 amide bonds. The van der Waals surface area contributed by atoms with Crippen molar-refractivity contribution >= 4 is 50.7 Å². The summed E-state index contributed by atoms with van der Waals surface area (Å²) < 4.78 is 45.6. The number of nitrogens with zero attached hydrogens (tertiary/aromatic N) is 2. The number of rotatable bonds is 16. The lowest BCUT2D eigenvalue weighted by Crippen LogP contribution is -2.52. The van der Waals surface area contributed by atoms with Crippen LogP contribution in [0.2, 0.25) is 10.0 Å². The fraction of sp³-hybridized carbons (Fsp3) is 0.375. The molecule has 0 unspecified atom stereocenters. The van der Waals surface area contributed by atoms with Crippen molar-refractivity contribution in [3.8, 4) is 17.2 Å². The van der Waals surface area contributed by atoms with Crippen LogP contribution in [0, 0.1) is 0 Å². The molecule has 0 heterocycles. The van der Waals surface area contributed by atoms with E-state index in [0.717, 1.165) is 4.31 Å². The van der Waals surface area contributed by atoms with Gasteiger partial charge in [0.2, 0.25) is 11.8 Å². The average molecular weight is 681 g/mol. The number of methoxy groups -OCH3 is 2. The van der Waals surface area contributed by atoms with Gasteiger partial charge in [0.25, 0.3) is 10.0 Å². The maximum atomic E-state index is 14.2. The van der Waals surface area contributed by atoms with Crippen LogP contribution in [0.3, 0.4) is 0 Å². The highest BCUT2D eigenvalue weighted by Gasteiger charge is 2.34. The number of halogens is 2. The summed E-state index contributed by atoms with van der Waals surface area (Å²) in [5.74, 6) is 0.143. The zero-order valence-corrected chi connectivity index (χ0v) is 28.3. The van der Waals surface area contributed by atoms with Crippen molar-refractivity contribution < 1.29 is 32.2 Å². The lowest BCUT2D eigenvalue weighted by atomic mass is 10.1. The number of sulfonamides is 1. The number of nitrogens with one attached hydrogen (secondary N) is 1. The molecule has 13 heteroatoms. The van der Waals surface area contributed by atoms with Gasteiger partial charge in [0.15, 0.2) is 11.5 Å². The fourth-order valence-corrected chi connectivity index (χ4v) is 6.38. The molecular weight excluding hydrogens is 641 g/mol. The summed E-state index contributed by atoms with van der Waals surface area (Å²) in [6.07, 6.45) is 0.992. The minimum absolute atomic E-state index is 0.0126. The zero-order chi connectivity index (χ0) is 33.1. The Bertz CT molecular complexity index is 1570. The number of hydrogen-bond donors (Lipinski definition) is 1. The van der Waals surface area contributed by atoms with Crippen LogP contribution in [0.4, 0.5) is 5.69 Å². The monoisotopic (exact) mass is 679 g/mol. The van der Waals surface area contributed by atoms with E-state index in [-0.39, 0.29) is 40.2 Å². The van der Waals surface area contributed by atoms with Crippen LogP contribution in [-0.4, -0.2) is 65.1 Å². The van der Waals surface area contributed by atoms with E-state index in [1.165, 1.54) is 37.3 Å². The molecule has 45 heavy (non-hydrogen) atoms. The smallest absolute Gasteiger partial charge is 0.264 e. The van der Waals surface area contributed by atoms with E-state index in [9.17, 15) is 18.0 Å². The SMILES string of the molecule is CCCNC(=O)[C@H](CC)N(Cc1ccc(Cl)c(Cl)c1)C(=O)CN(c1ccc(OCC)cc1)S(=O)(=O)c1ccc(OC)c(OC)c1. The maximum Gasteiger partial charge on any atom is 0.264 e. The van der Waals surface area contributed by atoms with Gasteiger partial charge in [0.05, 0.1) is 41.5 Å². The molecular formula is C32H39Cl2N3O7S. The van der Waals surface area contributed by atoms with E-state index >= 15 is 0 Å². The van der Waals surface area contributed by atoms with Gasteiger partial charge in [-0.2, -0.15) is 0 Å². The summed E-state index contributed by atoms with van der Waals surface area (Å²) in [7, 11) is -1.50. The van der Waals surface area contributed by atoms with E-state index in [4.69, 9.17) is 37.4 Å². The van der Waals surface area contributed by atoms with Crippen LogP contribution in [0.25, 0.3) is 0 Å². The van der Waals surface area contributed by atoms with Crippen LogP contribution < -0.4 is 23.8 Å². The van der Waals surface area contributed by atoms with Crippen molar-refractivity contribution in [2.75, 3.05) is 38.2 Å². The Labute approximate surface area is 275 Å². The molecule has 0 aromatic heterocycles. The third-order valence-electron chi connectivity index (χ3n) is 6.93. The van der Waals surface area contributed by atoms with Crippen molar-refractivity contribution in [3.63, 3.8) is 0 Å². The molecule has 1 atom stereocenters. The molecule has 0 saturated carbocycles. The van der Waals surface area contributed by atoms with Gasteiger partial charge in [0.1, 0.15) is 18.3 Å². The third kappa shape index (κ3) is 8.96. The maximum absolute atomic E-state index is 14.2. The van der Waals surface area contributed by atoms with E-state index in [0.29, 0.717) is 41.7 Å². The Morgan fingerprint density at radius 2 is 1.58 bits per heavy atom. The Morgan fingerprint density at radius 1 is 0.889 bits per heavy atom. The third-order valence-corrected chi connectivity index (χ3v) is 9.44. The second kappa shape index (κ2) is 16.6. The fourth-order valence-electron chi connectivity index (χ4n) is 4.63. The molecule has 3 rings (SSSR count). The summed E-state index contributed by atoms with van der Waals surface area (Å²) in [5, 5.41) is 3.49. The molecule has 10 nitrogen and oxygen atoms in total. The van der Waals surface area contributed by atoms with E-state index < -0.39 is 28.5 Å². The first-order chi connectivity index (χ1) is 21.5. The number of hydrogen-bond acceptors (Lipinski definition) is 7. The highest BCUT2D eigenvalue weighted by molar-refractivity contribution is 7.92. The number of benzene rings is 3. The molecule has 0 fully saturated rings. The number of carbonyl (C=O) groups excluding carboxylic acids is 2. The van der Waals surface area contributed by atoms with Crippen LogP contribution in [0.1, 0.15) is 39.2 Å². The molecule has 0 saturated heterocycles. The van der Waals surface area contributed by atoms with Crippen molar-refractivity contribution in [3.05, 3.63) is 76.3 Å². The Balaban J connectivity index is 2.11. The Hall–Kier alpha value is -3.67. The predicted octanol–water partition coefficient (Wildman–Crippen LogP) is 5.94. The van der Waals surface area contributed by atoms with E-state index in [2.05, 4.69) is 5.32 Å². The number of carbonyl (C=O) groups is 2. The lowest BCUT2D eigenvalue weighted by Gasteiger charge is -2.33. The summed E-state index contributed by atoms with van der Waals surface area (Å²) in [6, 6.07) is 14.6.